The first kappa shape index (κ1) is 13.8. The van der Waals surface area contributed by atoms with Crippen molar-refractivity contribution < 1.29 is 9.53 Å². The Bertz CT molecular complexity index is 454. The van der Waals surface area contributed by atoms with Crippen molar-refractivity contribution in [3.05, 3.63) is 24.0 Å². The molecule has 0 radical (unpaired) electrons. The summed E-state index contributed by atoms with van der Waals surface area (Å²) in [5.41, 5.74) is 0.726. The molecule has 104 valence electrons. The first-order valence-corrected chi connectivity index (χ1v) is 6.56. The van der Waals surface area contributed by atoms with E-state index in [-0.39, 0.29) is 11.4 Å². The lowest BCUT2D eigenvalue weighted by Crippen LogP contribution is -2.51. The summed E-state index contributed by atoms with van der Waals surface area (Å²) in [4.78, 5) is 18.3. The molecule has 0 aliphatic carbocycles. The highest BCUT2D eigenvalue weighted by atomic mass is 16.5. The van der Waals surface area contributed by atoms with Crippen LogP contribution in [0, 0.1) is 0 Å². The van der Waals surface area contributed by atoms with Gasteiger partial charge in [-0.15, -0.1) is 0 Å². The van der Waals surface area contributed by atoms with Crippen LogP contribution in [0.3, 0.4) is 0 Å². The average Bonchev–Trinajstić information content (AvgIpc) is 2.47. The number of nitrogens with zero attached hydrogens (tertiary/aromatic N) is 2. The average molecular weight is 263 g/mol. The van der Waals surface area contributed by atoms with Gasteiger partial charge in [0, 0.05) is 24.8 Å². The number of ether oxygens (including phenoxy) is 1. The lowest BCUT2D eigenvalue weighted by atomic mass is 9.89. The van der Waals surface area contributed by atoms with Gasteiger partial charge in [0.15, 0.2) is 0 Å². The third kappa shape index (κ3) is 2.87. The molecule has 0 aromatic carbocycles. The molecule has 2 heterocycles. The van der Waals surface area contributed by atoms with Crippen LogP contribution in [-0.4, -0.2) is 48.6 Å². The fraction of sp³-hybridized carbons (Fsp3) is 0.571. The van der Waals surface area contributed by atoms with Crippen molar-refractivity contribution in [3.63, 3.8) is 0 Å². The minimum absolute atomic E-state index is 0.0254. The van der Waals surface area contributed by atoms with Crippen molar-refractivity contribution in [1.29, 1.82) is 0 Å². The van der Waals surface area contributed by atoms with E-state index in [1.165, 1.54) is 0 Å². The Morgan fingerprint density at radius 2 is 2.16 bits per heavy atom. The third-order valence-electron chi connectivity index (χ3n) is 3.99. The van der Waals surface area contributed by atoms with Crippen molar-refractivity contribution in [3.8, 4) is 5.75 Å². The van der Waals surface area contributed by atoms with Gasteiger partial charge in [-0.3, -0.25) is 9.78 Å². The second-order valence-corrected chi connectivity index (χ2v) is 5.18. The maximum absolute atomic E-state index is 12.5. The molecular formula is C14H21N3O2. The van der Waals surface area contributed by atoms with Gasteiger partial charge in [0.1, 0.15) is 5.75 Å². The molecule has 0 unspecified atom stereocenters. The van der Waals surface area contributed by atoms with Crippen LogP contribution >= 0.6 is 0 Å². The standard InChI is InChI=1S/C14H21N3O2/c1-14(15-2)5-8-17(9-6-14)13(18)11-4-7-16-10-12(11)19-3/h4,7,10,15H,5-6,8-9H2,1-3H3. The number of hydrogen-bond acceptors (Lipinski definition) is 4. The molecule has 1 aromatic rings. The molecule has 1 aliphatic heterocycles. The topological polar surface area (TPSA) is 54.5 Å². The van der Waals surface area contributed by atoms with Crippen LogP contribution in [0.15, 0.2) is 18.5 Å². The maximum atomic E-state index is 12.5. The van der Waals surface area contributed by atoms with Gasteiger partial charge in [-0.2, -0.15) is 0 Å². The summed E-state index contributed by atoms with van der Waals surface area (Å²) in [6, 6.07) is 1.72. The molecule has 1 aromatic heterocycles. The van der Waals surface area contributed by atoms with Gasteiger partial charge < -0.3 is 15.0 Å². The molecule has 1 N–H and O–H groups in total. The summed E-state index contributed by atoms with van der Waals surface area (Å²) in [6.45, 7) is 3.73. The Morgan fingerprint density at radius 3 is 2.74 bits per heavy atom. The van der Waals surface area contributed by atoms with Crippen molar-refractivity contribution in [2.75, 3.05) is 27.2 Å². The number of methoxy groups -OCH3 is 1. The van der Waals surface area contributed by atoms with Crippen LogP contribution in [0.1, 0.15) is 30.1 Å². The van der Waals surface area contributed by atoms with Crippen LogP contribution in [0.4, 0.5) is 0 Å². The number of rotatable bonds is 3. The minimum atomic E-state index is 0.0254. The number of pyridine rings is 1. The smallest absolute Gasteiger partial charge is 0.257 e. The predicted octanol–water partition coefficient (Wildman–Crippen LogP) is 1.30. The highest BCUT2D eigenvalue weighted by Gasteiger charge is 2.31. The van der Waals surface area contributed by atoms with Crippen molar-refractivity contribution in [1.82, 2.24) is 15.2 Å². The second kappa shape index (κ2) is 5.57. The van der Waals surface area contributed by atoms with Crippen LogP contribution in [0.25, 0.3) is 0 Å². The molecule has 1 fully saturated rings. The number of carbonyl (C=O) groups excluding carboxylic acids is 1. The Hall–Kier alpha value is -1.62. The van der Waals surface area contributed by atoms with Crippen molar-refractivity contribution in [2.45, 2.75) is 25.3 Å². The Balaban J connectivity index is 2.09. The first-order chi connectivity index (χ1) is 9.09. The monoisotopic (exact) mass is 263 g/mol. The van der Waals surface area contributed by atoms with E-state index >= 15 is 0 Å². The lowest BCUT2D eigenvalue weighted by molar-refractivity contribution is 0.0658. The Labute approximate surface area is 114 Å². The zero-order chi connectivity index (χ0) is 13.9. The fourth-order valence-corrected chi connectivity index (χ4v) is 2.34. The zero-order valence-corrected chi connectivity index (χ0v) is 11.8. The minimum Gasteiger partial charge on any atom is -0.494 e. The molecule has 0 saturated carbocycles. The van der Waals surface area contributed by atoms with E-state index in [4.69, 9.17) is 4.74 Å². The van der Waals surface area contributed by atoms with Gasteiger partial charge in [0.25, 0.3) is 5.91 Å². The molecule has 1 saturated heterocycles. The molecule has 1 aliphatic rings. The zero-order valence-electron chi connectivity index (χ0n) is 11.8. The third-order valence-corrected chi connectivity index (χ3v) is 3.99. The van der Waals surface area contributed by atoms with Gasteiger partial charge in [-0.25, -0.2) is 0 Å². The number of nitrogens with one attached hydrogen (secondary N) is 1. The fourth-order valence-electron chi connectivity index (χ4n) is 2.34. The molecule has 0 bridgehead atoms. The second-order valence-electron chi connectivity index (χ2n) is 5.18. The van der Waals surface area contributed by atoms with Crippen molar-refractivity contribution >= 4 is 5.91 Å². The number of carbonyl (C=O) groups is 1. The number of likely N-dealkylation sites (tertiary alicyclic amines) is 1. The SMILES string of the molecule is CNC1(C)CCN(C(=O)c2ccncc2OC)CC1. The molecule has 2 rings (SSSR count). The molecule has 5 heteroatoms. The highest BCUT2D eigenvalue weighted by Crippen LogP contribution is 2.24. The highest BCUT2D eigenvalue weighted by molar-refractivity contribution is 5.96. The molecule has 1 amide bonds. The predicted molar refractivity (Wildman–Crippen MR) is 73.4 cm³/mol. The summed E-state index contributed by atoms with van der Waals surface area (Å²) < 4.78 is 5.20. The van der Waals surface area contributed by atoms with Gasteiger partial charge in [-0.1, -0.05) is 0 Å². The lowest BCUT2D eigenvalue weighted by Gasteiger charge is -2.39. The molecule has 0 spiro atoms. The normalized spacial score (nSPS) is 18.2. The molecular weight excluding hydrogens is 242 g/mol. The number of piperidine rings is 1. The largest absolute Gasteiger partial charge is 0.494 e. The number of hydrogen-bond donors (Lipinski definition) is 1. The van der Waals surface area contributed by atoms with Gasteiger partial charge in [0.2, 0.25) is 0 Å². The van der Waals surface area contributed by atoms with E-state index in [0.717, 1.165) is 25.9 Å². The van der Waals surface area contributed by atoms with E-state index in [9.17, 15) is 4.79 Å². The van der Waals surface area contributed by atoms with E-state index in [2.05, 4.69) is 17.2 Å². The first-order valence-electron chi connectivity index (χ1n) is 6.56. The summed E-state index contributed by atoms with van der Waals surface area (Å²) in [7, 11) is 3.53. The number of aromatic nitrogens is 1. The Morgan fingerprint density at radius 1 is 1.47 bits per heavy atom. The van der Waals surface area contributed by atoms with E-state index < -0.39 is 0 Å². The van der Waals surface area contributed by atoms with Crippen LogP contribution in [0.5, 0.6) is 5.75 Å². The number of amides is 1. The molecule has 5 nitrogen and oxygen atoms in total. The van der Waals surface area contributed by atoms with Crippen LogP contribution < -0.4 is 10.1 Å². The summed E-state index contributed by atoms with van der Waals surface area (Å²) >= 11 is 0. The summed E-state index contributed by atoms with van der Waals surface area (Å²) in [6.07, 6.45) is 5.12. The van der Waals surface area contributed by atoms with Crippen LogP contribution in [-0.2, 0) is 0 Å². The quantitative estimate of drug-likeness (QED) is 0.893. The van der Waals surface area contributed by atoms with Crippen LogP contribution in [0.2, 0.25) is 0 Å². The van der Waals surface area contributed by atoms with E-state index in [1.807, 2.05) is 11.9 Å². The van der Waals surface area contributed by atoms with Crippen molar-refractivity contribution in [2.24, 2.45) is 0 Å². The molecule has 0 atom stereocenters. The summed E-state index contributed by atoms with van der Waals surface area (Å²) in [5.74, 6) is 0.562. The molecule has 19 heavy (non-hydrogen) atoms. The van der Waals surface area contributed by atoms with Gasteiger partial charge in [-0.05, 0) is 32.9 Å². The Kier molecular flexibility index (Phi) is 4.04. The van der Waals surface area contributed by atoms with Gasteiger partial charge >= 0.3 is 0 Å². The summed E-state index contributed by atoms with van der Waals surface area (Å²) in [5, 5.41) is 3.33. The van der Waals surface area contributed by atoms with E-state index in [1.54, 1.807) is 25.6 Å². The van der Waals surface area contributed by atoms with Gasteiger partial charge in [0.05, 0.1) is 18.9 Å². The maximum Gasteiger partial charge on any atom is 0.257 e. The van der Waals surface area contributed by atoms with E-state index in [0.29, 0.717) is 11.3 Å².